The number of carbonyl (C=O) groups is 2. The van der Waals surface area contributed by atoms with Gasteiger partial charge in [-0.3, -0.25) is 9.59 Å². The van der Waals surface area contributed by atoms with E-state index in [1.807, 2.05) is 0 Å². The minimum atomic E-state index is -0.254. The van der Waals surface area contributed by atoms with Gasteiger partial charge < -0.3 is 4.42 Å². The number of furan rings is 1. The van der Waals surface area contributed by atoms with Crippen LogP contribution in [0.15, 0.2) is 52.0 Å². The molecule has 0 N–H and O–H groups in total. The summed E-state index contributed by atoms with van der Waals surface area (Å²) in [7, 11) is 0. The van der Waals surface area contributed by atoms with Gasteiger partial charge in [-0.05, 0) is 60.4 Å². The van der Waals surface area contributed by atoms with E-state index in [1.165, 1.54) is 6.21 Å². The number of imide groups is 1. The standard InChI is InChI=1S/C22H16Cl2N2O3/c23-10-1-5-17(24)16(7-10)18-6-2-11(29-18)9-25-26-21(27)19-12-3-4-13(15-8-14(12)15)20(19)22(26)28/h1-7,9,12-15,19-20H,8H2/t12-,13-,14-,15+,19-,20+/m0/s1. The Morgan fingerprint density at radius 2 is 1.69 bits per heavy atom. The van der Waals surface area contributed by atoms with Crippen LogP contribution in [0.3, 0.4) is 0 Å². The molecule has 2 amide bonds. The van der Waals surface area contributed by atoms with Gasteiger partial charge >= 0.3 is 0 Å². The highest BCUT2D eigenvalue weighted by Gasteiger charge is 2.67. The van der Waals surface area contributed by atoms with Crippen molar-refractivity contribution in [3.05, 3.63) is 58.3 Å². The average molecular weight is 427 g/mol. The van der Waals surface area contributed by atoms with Crippen molar-refractivity contribution in [2.75, 3.05) is 0 Å². The van der Waals surface area contributed by atoms with E-state index in [-0.39, 0.29) is 35.5 Å². The summed E-state index contributed by atoms with van der Waals surface area (Å²) < 4.78 is 5.78. The van der Waals surface area contributed by atoms with E-state index in [2.05, 4.69) is 17.3 Å². The first kappa shape index (κ1) is 17.5. The first-order chi connectivity index (χ1) is 14.0. The van der Waals surface area contributed by atoms with Gasteiger partial charge in [0, 0.05) is 10.6 Å². The fourth-order valence-corrected chi connectivity index (χ4v) is 5.81. The Labute approximate surface area is 177 Å². The van der Waals surface area contributed by atoms with Crippen LogP contribution in [0.1, 0.15) is 12.2 Å². The third-order valence-corrected chi connectivity index (χ3v) is 7.33. The molecule has 2 bridgehead atoms. The molecule has 2 saturated carbocycles. The molecule has 6 atom stereocenters. The fraction of sp³-hybridized carbons (Fsp3) is 0.318. The molecule has 0 unspecified atom stereocenters. The monoisotopic (exact) mass is 426 g/mol. The number of hydrogen-bond donors (Lipinski definition) is 0. The van der Waals surface area contributed by atoms with Gasteiger partial charge in [0.15, 0.2) is 0 Å². The van der Waals surface area contributed by atoms with Crippen molar-refractivity contribution in [3.8, 4) is 11.3 Å². The molecule has 29 heavy (non-hydrogen) atoms. The maximum Gasteiger partial charge on any atom is 0.254 e. The van der Waals surface area contributed by atoms with Crippen LogP contribution in [0.25, 0.3) is 11.3 Å². The van der Waals surface area contributed by atoms with Gasteiger partial charge in [-0.2, -0.15) is 10.1 Å². The van der Waals surface area contributed by atoms with Gasteiger partial charge in [0.05, 0.1) is 23.1 Å². The van der Waals surface area contributed by atoms with Crippen LogP contribution >= 0.6 is 23.2 Å². The average Bonchev–Trinajstić information content (AvgIpc) is 3.36. The zero-order valence-corrected chi connectivity index (χ0v) is 16.7. The van der Waals surface area contributed by atoms with E-state index in [1.54, 1.807) is 30.3 Å². The van der Waals surface area contributed by atoms with Crippen LogP contribution in [0.2, 0.25) is 10.0 Å². The number of hydrogen-bond acceptors (Lipinski definition) is 4. The fourth-order valence-electron chi connectivity index (χ4n) is 5.42. The lowest BCUT2D eigenvalue weighted by Crippen LogP contribution is -2.40. The van der Waals surface area contributed by atoms with Gasteiger partial charge in [-0.15, -0.1) is 0 Å². The quantitative estimate of drug-likeness (QED) is 0.407. The van der Waals surface area contributed by atoms with Crippen molar-refractivity contribution in [1.82, 2.24) is 5.01 Å². The third-order valence-electron chi connectivity index (χ3n) is 6.76. The summed E-state index contributed by atoms with van der Waals surface area (Å²) in [4.78, 5) is 25.9. The Bertz CT molecular complexity index is 1090. The Kier molecular flexibility index (Phi) is 3.66. The molecule has 0 spiro atoms. The third kappa shape index (κ3) is 2.50. The highest BCUT2D eigenvalue weighted by Crippen LogP contribution is 2.65. The largest absolute Gasteiger partial charge is 0.455 e. The summed E-state index contributed by atoms with van der Waals surface area (Å²) in [6.07, 6.45) is 6.84. The van der Waals surface area contributed by atoms with Crippen LogP contribution in [-0.4, -0.2) is 23.0 Å². The number of benzene rings is 1. The SMILES string of the molecule is O=C1[C@@H]2[C@H]3C=C[C@@H]([C@@H]4C[C@H]34)[C@@H]2C(=O)N1N=Cc1ccc(-c2cc(Cl)ccc2Cl)o1. The zero-order chi connectivity index (χ0) is 19.9. The van der Waals surface area contributed by atoms with E-state index in [9.17, 15) is 9.59 Å². The van der Waals surface area contributed by atoms with Gasteiger partial charge in [0.2, 0.25) is 0 Å². The van der Waals surface area contributed by atoms with Crippen LogP contribution < -0.4 is 0 Å². The van der Waals surface area contributed by atoms with Crippen molar-refractivity contribution < 1.29 is 14.0 Å². The van der Waals surface area contributed by atoms with Gasteiger partial charge in [-0.1, -0.05) is 35.4 Å². The molecule has 4 aliphatic carbocycles. The normalized spacial score (nSPS) is 34.2. The predicted molar refractivity (Wildman–Crippen MR) is 108 cm³/mol. The molecular weight excluding hydrogens is 411 g/mol. The molecule has 3 fully saturated rings. The second kappa shape index (κ2) is 6.07. The number of carbonyl (C=O) groups excluding carboxylic acids is 2. The molecular formula is C22H16Cl2N2O3. The van der Waals surface area contributed by atoms with Crippen LogP contribution in [-0.2, 0) is 9.59 Å². The highest BCUT2D eigenvalue weighted by atomic mass is 35.5. The topological polar surface area (TPSA) is 62.9 Å². The highest BCUT2D eigenvalue weighted by molar-refractivity contribution is 6.35. The molecule has 2 heterocycles. The Morgan fingerprint density at radius 1 is 1.00 bits per heavy atom. The minimum Gasteiger partial charge on any atom is -0.455 e. The second-order valence-electron chi connectivity index (χ2n) is 8.21. The van der Waals surface area contributed by atoms with E-state index < -0.39 is 0 Å². The lowest BCUT2D eigenvalue weighted by Gasteiger charge is -2.37. The summed E-state index contributed by atoms with van der Waals surface area (Å²) in [6.45, 7) is 0. The maximum absolute atomic E-state index is 12.9. The van der Waals surface area contributed by atoms with Crippen LogP contribution in [0.4, 0.5) is 0 Å². The Balaban J connectivity index is 1.26. The van der Waals surface area contributed by atoms with Crippen molar-refractivity contribution in [2.24, 2.45) is 40.6 Å². The molecule has 5 aliphatic rings. The van der Waals surface area contributed by atoms with Gasteiger partial charge in [0.25, 0.3) is 11.8 Å². The number of amides is 2. The Morgan fingerprint density at radius 3 is 2.38 bits per heavy atom. The van der Waals surface area contributed by atoms with Crippen LogP contribution in [0, 0.1) is 35.5 Å². The smallest absolute Gasteiger partial charge is 0.254 e. The first-order valence-electron chi connectivity index (χ1n) is 9.68. The van der Waals surface area contributed by atoms with Crippen LogP contribution in [0.5, 0.6) is 0 Å². The predicted octanol–water partition coefficient (Wildman–Crippen LogP) is 4.64. The molecule has 1 saturated heterocycles. The second-order valence-corrected chi connectivity index (χ2v) is 9.06. The molecule has 7 rings (SSSR count). The summed E-state index contributed by atoms with van der Waals surface area (Å²) in [5.74, 6) is 1.59. The molecule has 1 aromatic carbocycles. The van der Waals surface area contributed by atoms with E-state index in [0.29, 0.717) is 39.0 Å². The summed E-state index contributed by atoms with van der Waals surface area (Å²) in [6, 6.07) is 8.59. The first-order valence-corrected chi connectivity index (χ1v) is 10.4. The number of hydrazone groups is 1. The summed E-state index contributed by atoms with van der Waals surface area (Å²) in [5.41, 5.74) is 0.667. The minimum absolute atomic E-state index is 0.187. The molecule has 0 radical (unpaired) electrons. The van der Waals surface area contributed by atoms with Crippen molar-refractivity contribution >= 4 is 41.2 Å². The number of rotatable bonds is 3. The van der Waals surface area contributed by atoms with Gasteiger partial charge in [0.1, 0.15) is 11.5 Å². The molecule has 2 aromatic rings. The van der Waals surface area contributed by atoms with Crippen molar-refractivity contribution in [2.45, 2.75) is 6.42 Å². The van der Waals surface area contributed by atoms with E-state index >= 15 is 0 Å². The molecule has 1 aromatic heterocycles. The van der Waals surface area contributed by atoms with Gasteiger partial charge in [-0.25, -0.2) is 0 Å². The van der Waals surface area contributed by atoms with Crippen molar-refractivity contribution in [1.29, 1.82) is 0 Å². The number of halogens is 2. The molecule has 5 nitrogen and oxygen atoms in total. The maximum atomic E-state index is 12.9. The van der Waals surface area contributed by atoms with E-state index in [4.69, 9.17) is 27.6 Å². The zero-order valence-electron chi connectivity index (χ0n) is 15.2. The summed E-state index contributed by atoms with van der Waals surface area (Å²) >= 11 is 12.3. The summed E-state index contributed by atoms with van der Waals surface area (Å²) in [5, 5.41) is 6.30. The van der Waals surface area contributed by atoms with Crippen molar-refractivity contribution in [3.63, 3.8) is 0 Å². The molecule has 7 heteroatoms. The lowest BCUT2D eigenvalue weighted by atomic mass is 9.63. The number of allylic oxidation sites excluding steroid dienone is 2. The molecule has 146 valence electrons. The van der Waals surface area contributed by atoms with E-state index in [0.717, 1.165) is 11.4 Å². The number of nitrogens with zero attached hydrogens (tertiary/aromatic N) is 2. The lowest BCUT2D eigenvalue weighted by molar-refractivity contribution is -0.140. The Hall–Kier alpha value is -2.37. The molecule has 1 aliphatic heterocycles.